The van der Waals surface area contributed by atoms with Crippen molar-refractivity contribution < 1.29 is 44.5 Å². The second-order valence-corrected chi connectivity index (χ2v) is 7.16. The molecule has 0 saturated carbocycles. The molecule has 0 spiro atoms. The zero-order chi connectivity index (χ0) is 22.3. The van der Waals surface area contributed by atoms with E-state index in [4.69, 9.17) is 13.9 Å². The van der Waals surface area contributed by atoms with Gasteiger partial charge in [-0.25, -0.2) is 0 Å². The van der Waals surface area contributed by atoms with Crippen LogP contribution in [-0.4, -0.2) is 68.0 Å². The summed E-state index contributed by atoms with van der Waals surface area (Å²) in [5, 5.41) is 58.9. The first-order valence-electron chi connectivity index (χ1n) is 9.36. The summed E-state index contributed by atoms with van der Waals surface area (Å²) in [7, 11) is 0. The van der Waals surface area contributed by atoms with Gasteiger partial charge in [-0.15, -0.1) is 0 Å². The maximum atomic E-state index is 12.6. The van der Waals surface area contributed by atoms with Gasteiger partial charge in [0.15, 0.2) is 16.8 Å². The van der Waals surface area contributed by atoms with E-state index in [1.807, 2.05) is 0 Å². The Labute approximate surface area is 174 Å². The topological polar surface area (TPSA) is 170 Å². The lowest BCUT2D eigenvalue weighted by Crippen LogP contribution is -2.60. The molecule has 1 aliphatic rings. The molecule has 2 aromatic carbocycles. The summed E-state index contributed by atoms with van der Waals surface area (Å²) in [5.74, 6) is -0.269. The van der Waals surface area contributed by atoms with Crippen LogP contribution in [0.5, 0.6) is 17.2 Å². The molecule has 0 amide bonds. The van der Waals surface area contributed by atoms with E-state index >= 15 is 0 Å². The molecule has 0 bridgehead atoms. The number of aliphatic hydroxyl groups excluding tert-OH is 4. The van der Waals surface area contributed by atoms with Crippen LogP contribution in [0, 0.1) is 0 Å². The molecule has 1 fully saturated rings. The number of phenols is 2. The van der Waals surface area contributed by atoms with E-state index in [1.54, 1.807) is 12.1 Å². The molecule has 10 heteroatoms. The Balaban J connectivity index is 1.68. The van der Waals surface area contributed by atoms with Gasteiger partial charge in [0.25, 0.3) is 0 Å². The highest BCUT2D eigenvalue weighted by molar-refractivity contribution is 5.85. The van der Waals surface area contributed by atoms with Gasteiger partial charge in [-0.2, -0.15) is 0 Å². The first-order chi connectivity index (χ1) is 14.8. The van der Waals surface area contributed by atoms with Crippen molar-refractivity contribution in [2.24, 2.45) is 0 Å². The molecular formula is C21H20O10. The smallest absolute Gasteiger partial charge is 0.229 e. The van der Waals surface area contributed by atoms with Crippen molar-refractivity contribution in [1.82, 2.24) is 0 Å². The number of hydrogen-bond donors (Lipinski definition) is 6. The second kappa shape index (κ2) is 8.17. The second-order valence-electron chi connectivity index (χ2n) is 7.16. The zero-order valence-corrected chi connectivity index (χ0v) is 16.0. The van der Waals surface area contributed by atoms with Gasteiger partial charge in [0.05, 0.1) is 12.0 Å². The number of aliphatic hydroxyl groups is 4. The third-order valence-electron chi connectivity index (χ3n) is 5.04. The van der Waals surface area contributed by atoms with Crippen molar-refractivity contribution in [2.75, 3.05) is 6.61 Å². The summed E-state index contributed by atoms with van der Waals surface area (Å²) in [6.07, 6.45) is -7.48. The summed E-state index contributed by atoms with van der Waals surface area (Å²) < 4.78 is 16.4. The first-order valence-corrected chi connectivity index (χ1v) is 9.36. The van der Waals surface area contributed by atoms with Crippen LogP contribution in [0.25, 0.3) is 22.3 Å². The summed E-state index contributed by atoms with van der Waals surface area (Å²) in [4.78, 5) is 12.6. The highest BCUT2D eigenvalue weighted by Crippen LogP contribution is 2.33. The van der Waals surface area contributed by atoms with Crippen LogP contribution in [-0.2, 0) is 4.74 Å². The van der Waals surface area contributed by atoms with Crippen molar-refractivity contribution in [2.45, 2.75) is 30.7 Å². The predicted molar refractivity (Wildman–Crippen MR) is 106 cm³/mol. The molecule has 31 heavy (non-hydrogen) atoms. The molecule has 1 aliphatic heterocycles. The fraction of sp³-hybridized carbons (Fsp3) is 0.286. The molecule has 10 nitrogen and oxygen atoms in total. The van der Waals surface area contributed by atoms with Crippen LogP contribution in [0.15, 0.2) is 51.7 Å². The molecule has 4 rings (SSSR count). The van der Waals surface area contributed by atoms with Gasteiger partial charge < -0.3 is 44.5 Å². The lowest BCUT2D eigenvalue weighted by molar-refractivity contribution is -0.277. The lowest BCUT2D eigenvalue weighted by Gasteiger charge is -2.39. The van der Waals surface area contributed by atoms with Crippen LogP contribution in [0.1, 0.15) is 0 Å². The van der Waals surface area contributed by atoms with E-state index in [-0.39, 0.29) is 28.2 Å². The van der Waals surface area contributed by atoms with Gasteiger partial charge >= 0.3 is 0 Å². The van der Waals surface area contributed by atoms with Crippen LogP contribution >= 0.6 is 0 Å². The molecule has 0 aliphatic carbocycles. The fourth-order valence-electron chi connectivity index (χ4n) is 3.35. The number of benzene rings is 2. The largest absolute Gasteiger partial charge is 0.508 e. The zero-order valence-electron chi connectivity index (χ0n) is 16.0. The third kappa shape index (κ3) is 3.94. The van der Waals surface area contributed by atoms with E-state index in [0.717, 1.165) is 6.07 Å². The van der Waals surface area contributed by atoms with Gasteiger partial charge in [-0.05, 0) is 30.3 Å². The Kier molecular flexibility index (Phi) is 5.56. The highest BCUT2D eigenvalue weighted by Gasteiger charge is 2.44. The van der Waals surface area contributed by atoms with Crippen LogP contribution in [0.4, 0.5) is 0 Å². The van der Waals surface area contributed by atoms with E-state index in [0.29, 0.717) is 5.56 Å². The molecule has 5 atom stereocenters. The summed E-state index contributed by atoms with van der Waals surface area (Å²) >= 11 is 0. The lowest BCUT2D eigenvalue weighted by atomic mass is 9.99. The molecule has 164 valence electrons. The van der Waals surface area contributed by atoms with Crippen molar-refractivity contribution >= 4 is 11.0 Å². The van der Waals surface area contributed by atoms with E-state index in [1.165, 1.54) is 24.3 Å². The van der Waals surface area contributed by atoms with E-state index in [2.05, 4.69) is 0 Å². The number of phenolic OH excluding ortho intramolecular Hbond substituents is 2. The minimum atomic E-state index is -1.65. The van der Waals surface area contributed by atoms with Gasteiger partial charge in [0, 0.05) is 17.7 Å². The minimum absolute atomic E-state index is 0.0119. The van der Waals surface area contributed by atoms with E-state index < -0.39 is 48.5 Å². The van der Waals surface area contributed by atoms with Gasteiger partial charge in [0.1, 0.15) is 41.7 Å². The van der Waals surface area contributed by atoms with Crippen LogP contribution in [0.2, 0.25) is 0 Å². The Hall–Kier alpha value is -3.15. The average Bonchev–Trinajstić information content (AvgIpc) is 2.75. The van der Waals surface area contributed by atoms with E-state index in [9.17, 15) is 35.4 Å². The number of ether oxygens (including phenoxy) is 2. The molecule has 0 unspecified atom stereocenters. The molecule has 2 heterocycles. The number of aromatic hydroxyl groups is 2. The van der Waals surface area contributed by atoms with Gasteiger partial charge in [-0.3, -0.25) is 4.79 Å². The van der Waals surface area contributed by atoms with Crippen LogP contribution < -0.4 is 10.2 Å². The molecule has 3 aromatic rings. The van der Waals surface area contributed by atoms with Gasteiger partial charge in [0.2, 0.25) is 6.29 Å². The summed E-state index contributed by atoms with van der Waals surface area (Å²) in [6, 6.07) is 9.57. The van der Waals surface area contributed by atoms with Crippen molar-refractivity contribution in [1.29, 1.82) is 0 Å². The van der Waals surface area contributed by atoms with Crippen LogP contribution in [0.3, 0.4) is 0 Å². The molecular weight excluding hydrogens is 412 g/mol. The Bertz CT molecular complexity index is 1140. The number of fused-ring (bicyclic) bond motifs is 1. The van der Waals surface area contributed by atoms with Crippen molar-refractivity contribution in [3.05, 3.63) is 52.7 Å². The monoisotopic (exact) mass is 432 g/mol. The SMILES string of the molecule is O=c1cc(-c2ccc(O)cc2)oc2c(O)cc(O[C@@H]3O[C@H](CO)[C@@H](O)[C@H](O)[C@H]3O)cc12. The Morgan fingerprint density at radius 3 is 2.32 bits per heavy atom. The normalized spacial score (nSPS) is 26.1. The summed E-state index contributed by atoms with van der Waals surface area (Å²) in [5.41, 5.74) is -0.0755. The standard InChI is InChI=1S/C21H20O10/c22-8-16-17(26)18(27)19(28)21(31-16)29-11-5-12-13(24)7-15(30-20(12)14(25)6-11)9-1-3-10(23)4-2-9/h1-7,16-19,21-23,25-28H,8H2/t16-,17-,18+,19-,21-/m1/s1. The first kappa shape index (κ1) is 21.1. The Morgan fingerprint density at radius 2 is 1.65 bits per heavy atom. The quantitative estimate of drug-likeness (QED) is 0.331. The maximum absolute atomic E-state index is 12.6. The molecule has 1 aromatic heterocycles. The predicted octanol–water partition coefficient (Wildman–Crippen LogP) is 0.0499. The molecule has 1 saturated heterocycles. The highest BCUT2D eigenvalue weighted by atomic mass is 16.7. The Morgan fingerprint density at radius 1 is 0.935 bits per heavy atom. The van der Waals surface area contributed by atoms with Gasteiger partial charge in [-0.1, -0.05) is 0 Å². The molecule has 0 radical (unpaired) electrons. The minimum Gasteiger partial charge on any atom is -0.508 e. The number of rotatable bonds is 4. The molecule has 6 N–H and O–H groups in total. The third-order valence-corrected chi connectivity index (χ3v) is 5.04. The number of hydrogen-bond acceptors (Lipinski definition) is 10. The van der Waals surface area contributed by atoms with Crippen molar-refractivity contribution in [3.63, 3.8) is 0 Å². The van der Waals surface area contributed by atoms with Crippen molar-refractivity contribution in [3.8, 4) is 28.6 Å². The maximum Gasteiger partial charge on any atom is 0.229 e. The summed E-state index contributed by atoms with van der Waals surface area (Å²) in [6.45, 7) is -0.628. The fourth-order valence-corrected chi connectivity index (χ4v) is 3.35. The average molecular weight is 432 g/mol.